The Morgan fingerprint density at radius 1 is 1.23 bits per heavy atom. The standard InChI is InChI=1S/C12H20O/c1-2-11(13)10-6-5-9-12(10)7-3-4-8-12/h10H,2-9H2,1H3. The van der Waals surface area contributed by atoms with Gasteiger partial charge in [0, 0.05) is 12.3 Å². The van der Waals surface area contributed by atoms with Gasteiger partial charge in [-0.1, -0.05) is 26.2 Å². The number of carbonyl (C=O) groups is 1. The maximum absolute atomic E-state index is 11.8. The van der Waals surface area contributed by atoms with Crippen LogP contribution in [0.2, 0.25) is 0 Å². The summed E-state index contributed by atoms with van der Waals surface area (Å²) in [6.45, 7) is 2.02. The molecule has 1 unspecified atom stereocenters. The summed E-state index contributed by atoms with van der Waals surface area (Å²) < 4.78 is 0. The van der Waals surface area contributed by atoms with Crippen molar-refractivity contribution in [2.45, 2.75) is 58.3 Å². The van der Waals surface area contributed by atoms with Crippen LogP contribution in [0.4, 0.5) is 0 Å². The van der Waals surface area contributed by atoms with Gasteiger partial charge in [0.05, 0.1) is 0 Å². The molecular formula is C12H20O. The molecule has 2 fully saturated rings. The average Bonchev–Trinajstić information content (AvgIpc) is 2.76. The fraction of sp³-hybridized carbons (Fsp3) is 0.917. The van der Waals surface area contributed by atoms with Gasteiger partial charge in [0.1, 0.15) is 5.78 Å². The van der Waals surface area contributed by atoms with Gasteiger partial charge >= 0.3 is 0 Å². The molecule has 2 aliphatic carbocycles. The third kappa shape index (κ3) is 1.43. The Bertz CT molecular complexity index is 196. The highest BCUT2D eigenvalue weighted by Gasteiger charge is 2.46. The molecule has 0 N–H and O–H groups in total. The molecule has 1 nitrogen and oxygen atoms in total. The van der Waals surface area contributed by atoms with Crippen molar-refractivity contribution < 1.29 is 4.79 Å². The Hall–Kier alpha value is -0.330. The molecule has 0 aromatic rings. The second-order valence-corrected chi connectivity index (χ2v) is 4.83. The lowest BCUT2D eigenvalue weighted by molar-refractivity contribution is -0.125. The first-order chi connectivity index (χ1) is 6.28. The van der Waals surface area contributed by atoms with Crippen molar-refractivity contribution in [1.29, 1.82) is 0 Å². The van der Waals surface area contributed by atoms with Crippen LogP contribution in [0.1, 0.15) is 58.3 Å². The van der Waals surface area contributed by atoms with Crippen LogP contribution in [0, 0.1) is 11.3 Å². The van der Waals surface area contributed by atoms with Crippen LogP contribution >= 0.6 is 0 Å². The van der Waals surface area contributed by atoms with E-state index in [0.717, 1.165) is 6.42 Å². The fourth-order valence-corrected chi connectivity index (χ4v) is 3.57. The van der Waals surface area contributed by atoms with Gasteiger partial charge in [-0.05, 0) is 31.1 Å². The molecule has 1 spiro atoms. The first kappa shape index (κ1) is 9.23. The van der Waals surface area contributed by atoms with Crippen molar-refractivity contribution in [3.05, 3.63) is 0 Å². The Morgan fingerprint density at radius 2 is 1.85 bits per heavy atom. The van der Waals surface area contributed by atoms with Crippen LogP contribution in [-0.2, 0) is 4.79 Å². The molecule has 1 heteroatoms. The summed E-state index contributed by atoms with van der Waals surface area (Å²) >= 11 is 0. The highest BCUT2D eigenvalue weighted by atomic mass is 16.1. The Kier molecular flexibility index (Phi) is 2.44. The van der Waals surface area contributed by atoms with Gasteiger partial charge in [-0.15, -0.1) is 0 Å². The molecular weight excluding hydrogens is 160 g/mol. The molecule has 74 valence electrons. The zero-order chi connectivity index (χ0) is 9.31. The highest BCUT2D eigenvalue weighted by molar-refractivity contribution is 5.81. The number of rotatable bonds is 2. The maximum atomic E-state index is 11.8. The van der Waals surface area contributed by atoms with Gasteiger partial charge in [0.25, 0.3) is 0 Å². The number of hydrogen-bond donors (Lipinski definition) is 0. The van der Waals surface area contributed by atoms with Crippen molar-refractivity contribution in [1.82, 2.24) is 0 Å². The minimum Gasteiger partial charge on any atom is -0.299 e. The SMILES string of the molecule is CCC(=O)C1CCCC12CCCC2. The molecule has 0 bridgehead atoms. The molecule has 0 aromatic heterocycles. The molecule has 0 aromatic carbocycles. The molecule has 0 saturated heterocycles. The molecule has 0 amide bonds. The third-order valence-electron chi connectivity index (χ3n) is 4.24. The maximum Gasteiger partial charge on any atom is 0.136 e. The van der Waals surface area contributed by atoms with E-state index < -0.39 is 0 Å². The third-order valence-corrected chi connectivity index (χ3v) is 4.24. The smallest absolute Gasteiger partial charge is 0.136 e. The summed E-state index contributed by atoms with van der Waals surface area (Å²) in [6.07, 6.45) is 9.99. The normalized spacial score (nSPS) is 31.3. The van der Waals surface area contributed by atoms with Crippen LogP contribution in [-0.4, -0.2) is 5.78 Å². The summed E-state index contributed by atoms with van der Waals surface area (Å²) in [6, 6.07) is 0. The van der Waals surface area contributed by atoms with Gasteiger partial charge in [0.15, 0.2) is 0 Å². The first-order valence-corrected chi connectivity index (χ1v) is 5.81. The van der Waals surface area contributed by atoms with E-state index in [0.29, 0.717) is 17.1 Å². The fourth-order valence-electron chi connectivity index (χ4n) is 3.57. The van der Waals surface area contributed by atoms with Gasteiger partial charge in [-0.2, -0.15) is 0 Å². The molecule has 2 saturated carbocycles. The predicted molar refractivity (Wildman–Crippen MR) is 53.5 cm³/mol. The van der Waals surface area contributed by atoms with E-state index in [1.165, 1.54) is 44.9 Å². The Balaban J connectivity index is 2.13. The van der Waals surface area contributed by atoms with Crippen LogP contribution in [0.3, 0.4) is 0 Å². The largest absolute Gasteiger partial charge is 0.299 e. The number of carbonyl (C=O) groups excluding carboxylic acids is 1. The summed E-state index contributed by atoms with van der Waals surface area (Å²) in [5.74, 6) is 0.986. The number of Topliss-reactive ketones (excluding diaryl/α,β-unsaturated/α-hetero) is 1. The van der Waals surface area contributed by atoms with E-state index in [4.69, 9.17) is 0 Å². The number of ketones is 1. The lowest BCUT2D eigenvalue weighted by Crippen LogP contribution is -2.28. The molecule has 2 rings (SSSR count). The van der Waals surface area contributed by atoms with Crippen molar-refractivity contribution in [2.75, 3.05) is 0 Å². The van der Waals surface area contributed by atoms with E-state index in [9.17, 15) is 4.79 Å². The second-order valence-electron chi connectivity index (χ2n) is 4.83. The Morgan fingerprint density at radius 3 is 2.46 bits per heavy atom. The van der Waals surface area contributed by atoms with E-state index in [1.54, 1.807) is 0 Å². The minimum absolute atomic E-state index is 0.444. The zero-order valence-electron chi connectivity index (χ0n) is 8.64. The van der Waals surface area contributed by atoms with Crippen LogP contribution in [0.15, 0.2) is 0 Å². The highest BCUT2D eigenvalue weighted by Crippen LogP contribution is 2.54. The number of hydrogen-bond acceptors (Lipinski definition) is 1. The van der Waals surface area contributed by atoms with Gasteiger partial charge in [-0.25, -0.2) is 0 Å². The van der Waals surface area contributed by atoms with Gasteiger partial charge < -0.3 is 0 Å². The van der Waals surface area contributed by atoms with Gasteiger partial charge in [-0.3, -0.25) is 4.79 Å². The zero-order valence-corrected chi connectivity index (χ0v) is 8.64. The summed E-state index contributed by atoms with van der Waals surface area (Å²) in [7, 11) is 0. The van der Waals surface area contributed by atoms with Gasteiger partial charge in [0.2, 0.25) is 0 Å². The van der Waals surface area contributed by atoms with E-state index >= 15 is 0 Å². The lowest BCUT2D eigenvalue weighted by Gasteiger charge is -2.29. The summed E-state index contributed by atoms with van der Waals surface area (Å²) in [5.41, 5.74) is 0.479. The van der Waals surface area contributed by atoms with Crippen molar-refractivity contribution >= 4 is 5.78 Å². The lowest BCUT2D eigenvalue weighted by atomic mass is 9.74. The molecule has 13 heavy (non-hydrogen) atoms. The monoisotopic (exact) mass is 180 g/mol. The molecule has 0 aliphatic heterocycles. The van der Waals surface area contributed by atoms with Crippen molar-refractivity contribution in [3.63, 3.8) is 0 Å². The molecule has 1 atom stereocenters. The molecule has 2 aliphatic rings. The minimum atomic E-state index is 0.444. The van der Waals surface area contributed by atoms with Crippen LogP contribution < -0.4 is 0 Å². The Labute approximate surface area is 80.9 Å². The van der Waals surface area contributed by atoms with E-state index in [2.05, 4.69) is 0 Å². The van der Waals surface area contributed by atoms with E-state index in [-0.39, 0.29) is 0 Å². The summed E-state index contributed by atoms with van der Waals surface area (Å²) in [4.78, 5) is 11.8. The predicted octanol–water partition coefficient (Wildman–Crippen LogP) is 3.33. The van der Waals surface area contributed by atoms with E-state index in [1.807, 2.05) is 6.92 Å². The quantitative estimate of drug-likeness (QED) is 0.637. The molecule has 0 heterocycles. The van der Waals surface area contributed by atoms with Crippen molar-refractivity contribution in [2.24, 2.45) is 11.3 Å². The average molecular weight is 180 g/mol. The van der Waals surface area contributed by atoms with Crippen LogP contribution in [0.5, 0.6) is 0 Å². The summed E-state index contributed by atoms with van der Waals surface area (Å²) in [5, 5.41) is 0. The van der Waals surface area contributed by atoms with Crippen molar-refractivity contribution in [3.8, 4) is 0 Å². The van der Waals surface area contributed by atoms with Crippen LogP contribution in [0.25, 0.3) is 0 Å². The second kappa shape index (κ2) is 3.43. The first-order valence-electron chi connectivity index (χ1n) is 5.81. The molecule has 0 radical (unpaired) electrons. The topological polar surface area (TPSA) is 17.1 Å².